The first-order chi connectivity index (χ1) is 13.7. The van der Waals surface area contributed by atoms with Gasteiger partial charge in [0.25, 0.3) is 5.91 Å². The molecule has 2 atom stereocenters. The van der Waals surface area contributed by atoms with Crippen LogP contribution in [0, 0.1) is 10.8 Å². The number of carbonyl (C=O) groups excluding carboxylic acids is 2. The van der Waals surface area contributed by atoms with Gasteiger partial charge in [-0.3, -0.25) is 4.79 Å². The van der Waals surface area contributed by atoms with Gasteiger partial charge in [0.15, 0.2) is 6.61 Å². The van der Waals surface area contributed by atoms with Gasteiger partial charge in [-0.05, 0) is 53.0 Å². The van der Waals surface area contributed by atoms with Crippen LogP contribution >= 0.6 is 0 Å². The summed E-state index contributed by atoms with van der Waals surface area (Å²) in [5.74, 6) is -0.188. The molecular formula is C24H29NO4. The Kier molecular flexibility index (Phi) is 4.80. The highest BCUT2D eigenvalue weighted by Crippen LogP contribution is 2.52. The van der Waals surface area contributed by atoms with Gasteiger partial charge in [-0.2, -0.15) is 0 Å². The Morgan fingerprint density at radius 1 is 1.10 bits per heavy atom. The van der Waals surface area contributed by atoms with E-state index in [0.29, 0.717) is 11.3 Å². The lowest BCUT2D eigenvalue weighted by Crippen LogP contribution is -2.39. The van der Waals surface area contributed by atoms with E-state index in [1.807, 2.05) is 35.2 Å². The molecule has 4 rings (SSSR count). The third-order valence-corrected chi connectivity index (χ3v) is 6.35. The number of nitrogens with zero attached hydrogens (tertiary/aromatic N) is 1. The van der Waals surface area contributed by atoms with E-state index in [9.17, 15) is 9.59 Å². The van der Waals surface area contributed by atoms with Crippen LogP contribution < -0.4 is 4.74 Å². The zero-order valence-corrected chi connectivity index (χ0v) is 17.7. The summed E-state index contributed by atoms with van der Waals surface area (Å²) in [6, 6.07) is 11.6. The van der Waals surface area contributed by atoms with Crippen LogP contribution in [0.25, 0.3) is 10.8 Å². The second-order valence-corrected chi connectivity index (χ2v) is 9.71. The third kappa shape index (κ3) is 3.83. The molecule has 2 aromatic carbocycles. The predicted octanol–water partition coefficient (Wildman–Crippen LogP) is 4.43. The molecule has 0 radical (unpaired) electrons. The number of rotatable bonds is 4. The first-order valence-electron chi connectivity index (χ1n) is 10.2. The van der Waals surface area contributed by atoms with E-state index in [2.05, 4.69) is 20.8 Å². The fraction of sp³-hybridized carbons (Fsp3) is 0.500. The second kappa shape index (κ2) is 7.05. The van der Waals surface area contributed by atoms with E-state index in [-0.39, 0.29) is 29.4 Å². The molecule has 5 heteroatoms. The number of carbonyl (C=O) groups is 2. The second-order valence-electron chi connectivity index (χ2n) is 9.71. The van der Waals surface area contributed by atoms with E-state index in [4.69, 9.17) is 9.47 Å². The molecule has 2 fully saturated rings. The summed E-state index contributed by atoms with van der Waals surface area (Å²) in [6.07, 6.45) is 3.16. The van der Waals surface area contributed by atoms with Crippen molar-refractivity contribution in [2.75, 3.05) is 20.3 Å². The zero-order chi connectivity index (χ0) is 20.8. The van der Waals surface area contributed by atoms with Crippen molar-refractivity contribution in [2.24, 2.45) is 10.8 Å². The highest BCUT2D eigenvalue weighted by Gasteiger charge is 2.50. The van der Waals surface area contributed by atoms with Crippen molar-refractivity contribution in [1.29, 1.82) is 0 Å². The highest BCUT2D eigenvalue weighted by molar-refractivity contribution is 5.99. The Labute approximate surface area is 172 Å². The Morgan fingerprint density at radius 3 is 2.48 bits per heavy atom. The molecule has 1 saturated heterocycles. The number of ether oxygens (including phenoxy) is 2. The van der Waals surface area contributed by atoms with Gasteiger partial charge in [0, 0.05) is 12.6 Å². The quantitative estimate of drug-likeness (QED) is 0.719. The average molecular weight is 395 g/mol. The minimum Gasteiger partial charge on any atom is -0.496 e. The molecule has 1 aliphatic heterocycles. The normalized spacial score (nSPS) is 25.1. The number of fused-ring (bicyclic) bond motifs is 3. The topological polar surface area (TPSA) is 55.8 Å². The Hall–Kier alpha value is -2.56. The third-order valence-electron chi connectivity index (χ3n) is 6.35. The molecule has 154 valence electrons. The lowest BCUT2D eigenvalue weighted by atomic mass is 9.65. The van der Waals surface area contributed by atoms with E-state index in [0.717, 1.165) is 36.6 Å². The molecule has 0 spiro atoms. The Balaban J connectivity index is 1.46. The molecule has 2 unspecified atom stereocenters. The number of amides is 1. The summed E-state index contributed by atoms with van der Waals surface area (Å²) < 4.78 is 10.8. The lowest BCUT2D eigenvalue weighted by molar-refractivity contribution is -0.135. The SMILES string of the molecule is COc1cc2ccccc2cc1C(=O)OCC(=O)N1CC2(C)CC1CC(C)(C)C2. The Bertz CT molecular complexity index is 967. The van der Waals surface area contributed by atoms with E-state index >= 15 is 0 Å². The van der Waals surface area contributed by atoms with Crippen LogP contribution in [0.3, 0.4) is 0 Å². The van der Waals surface area contributed by atoms with Gasteiger partial charge in [-0.15, -0.1) is 0 Å². The summed E-state index contributed by atoms with van der Waals surface area (Å²) >= 11 is 0. The number of methoxy groups -OCH3 is 1. The smallest absolute Gasteiger partial charge is 0.342 e. The standard InChI is InChI=1S/C24H29NO4/c1-23(2)11-18-12-24(3,14-23)15-25(18)21(26)13-29-22(27)19-9-16-7-5-6-8-17(16)10-20(19)28-4/h5-10,18H,11-15H2,1-4H3. The minimum atomic E-state index is -0.533. The van der Waals surface area contributed by atoms with Gasteiger partial charge in [-0.25, -0.2) is 4.79 Å². The lowest BCUT2D eigenvalue weighted by Gasteiger charge is -2.39. The zero-order valence-electron chi connectivity index (χ0n) is 17.7. The molecule has 2 aliphatic rings. The largest absolute Gasteiger partial charge is 0.496 e. The van der Waals surface area contributed by atoms with Crippen molar-refractivity contribution in [2.45, 2.75) is 46.1 Å². The highest BCUT2D eigenvalue weighted by atomic mass is 16.5. The Morgan fingerprint density at radius 2 is 1.79 bits per heavy atom. The first-order valence-corrected chi connectivity index (χ1v) is 10.2. The molecule has 5 nitrogen and oxygen atoms in total. The van der Waals surface area contributed by atoms with Crippen LogP contribution in [0.4, 0.5) is 0 Å². The molecule has 29 heavy (non-hydrogen) atoms. The van der Waals surface area contributed by atoms with Crippen molar-refractivity contribution < 1.29 is 19.1 Å². The van der Waals surface area contributed by atoms with Crippen LogP contribution in [-0.4, -0.2) is 43.1 Å². The maximum atomic E-state index is 12.9. The molecule has 1 amide bonds. The maximum Gasteiger partial charge on any atom is 0.342 e. The molecule has 2 aromatic rings. The molecule has 1 heterocycles. The molecular weight excluding hydrogens is 366 g/mol. The predicted molar refractivity (Wildman–Crippen MR) is 112 cm³/mol. The van der Waals surface area contributed by atoms with Gasteiger partial charge in [0.2, 0.25) is 0 Å². The number of hydrogen-bond donors (Lipinski definition) is 0. The first kappa shape index (κ1) is 19.7. The maximum absolute atomic E-state index is 12.9. The van der Waals surface area contributed by atoms with Crippen molar-refractivity contribution >= 4 is 22.6 Å². The fourth-order valence-corrected chi connectivity index (χ4v) is 5.59. The summed E-state index contributed by atoms with van der Waals surface area (Å²) in [6.45, 7) is 7.33. The minimum absolute atomic E-state index is 0.107. The number of benzene rings is 2. The summed E-state index contributed by atoms with van der Waals surface area (Å²) in [4.78, 5) is 27.5. The van der Waals surface area contributed by atoms with Crippen LogP contribution in [0.15, 0.2) is 36.4 Å². The van der Waals surface area contributed by atoms with E-state index in [1.165, 1.54) is 7.11 Å². The van der Waals surface area contributed by atoms with Gasteiger partial charge in [0.1, 0.15) is 11.3 Å². The van der Waals surface area contributed by atoms with Gasteiger partial charge >= 0.3 is 5.97 Å². The van der Waals surface area contributed by atoms with Crippen LogP contribution in [0.2, 0.25) is 0 Å². The summed E-state index contributed by atoms with van der Waals surface area (Å²) in [5.41, 5.74) is 0.738. The van der Waals surface area contributed by atoms with Gasteiger partial charge < -0.3 is 14.4 Å². The monoisotopic (exact) mass is 395 g/mol. The number of likely N-dealkylation sites (tertiary alicyclic amines) is 1. The summed E-state index contributed by atoms with van der Waals surface area (Å²) in [5, 5.41) is 1.91. The van der Waals surface area contributed by atoms with Crippen LogP contribution in [0.1, 0.15) is 50.4 Å². The molecule has 1 saturated carbocycles. The summed E-state index contributed by atoms with van der Waals surface area (Å²) in [7, 11) is 1.53. The van der Waals surface area contributed by atoms with Gasteiger partial charge in [0.05, 0.1) is 7.11 Å². The van der Waals surface area contributed by atoms with Crippen LogP contribution in [-0.2, 0) is 9.53 Å². The molecule has 1 aliphatic carbocycles. The molecule has 0 aromatic heterocycles. The molecule has 2 bridgehead atoms. The van der Waals surface area contributed by atoms with E-state index in [1.54, 1.807) is 6.07 Å². The van der Waals surface area contributed by atoms with Crippen LogP contribution in [0.5, 0.6) is 5.75 Å². The van der Waals surface area contributed by atoms with Crippen molar-refractivity contribution in [3.63, 3.8) is 0 Å². The number of esters is 1. The van der Waals surface area contributed by atoms with Crippen molar-refractivity contribution in [1.82, 2.24) is 4.90 Å². The molecule has 0 N–H and O–H groups in total. The van der Waals surface area contributed by atoms with Gasteiger partial charge in [-0.1, -0.05) is 45.0 Å². The van der Waals surface area contributed by atoms with Crippen molar-refractivity contribution in [3.05, 3.63) is 42.0 Å². The fourth-order valence-electron chi connectivity index (χ4n) is 5.59. The number of hydrogen-bond acceptors (Lipinski definition) is 4. The average Bonchev–Trinajstić information content (AvgIpc) is 2.93. The van der Waals surface area contributed by atoms with Crippen molar-refractivity contribution in [3.8, 4) is 5.75 Å². The van der Waals surface area contributed by atoms with E-state index < -0.39 is 5.97 Å².